The minimum Gasteiger partial charge on any atom is -0.251 e. The lowest BCUT2D eigenvalue weighted by molar-refractivity contribution is 0.781. The molecule has 0 unspecified atom stereocenters. The largest absolute Gasteiger partial charge is 0.251 e. The van der Waals surface area contributed by atoms with Gasteiger partial charge < -0.3 is 0 Å². The highest BCUT2D eigenvalue weighted by Gasteiger charge is 2.13. The van der Waals surface area contributed by atoms with E-state index in [0.717, 1.165) is 29.0 Å². The molecule has 2 aromatic heterocycles. The molecule has 0 bridgehead atoms. The van der Waals surface area contributed by atoms with Gasteiger partial charge in [-0.3, -0.25) is 4.98 Å². The SMILES string of the molecule is CCCCc1c(C)nn(-c2cnc3ccccc3n2)c1C. The molecule has 4 nitrogen and oxygen atoms in total. The van der Waals surface area contributed by atoms with E-state index in [1.165, 1.54) is 24.1 Å². The van der Waals surface area contributed by atoms with E-state index in [9.17, 15) is 0 Å². The van der Waals surface area contributed by atoms with Gasteiger partial charge in [-0.05, 0) is 44.4 Å². The average molecular weight is 280 g/mol. The molecule has 0 N–H and O–H groups in total. The van der Waals surface area contributed by atoms with Crippen LogP contribution >= 0.6 is 0 Å². The molecule has 0 atom stereocenters. The molecule has 0 aliphatic heterocycles. The summed E-state index contributed by atoms with van der Waals surface area (Å²) < 4.78 is 1.92. The van der Waals surface area contributed by atoms with Crippen LogP contribution in [0.15, 0.2) is 30.5 Å². The molecule has 0 spiro atoms. The molecule has 0 saturated heterocycles. The number of hydrogen-bond donors (Lipinski definition) is 0. The Bertz CT molecular complexity index is 774. The number of rotatable bonds is 4. The van der Waals surface area contributed by atoms with E-state index in [2.05, 4.69) is 35.8 Å². The molecule has 0 aliphatic carbocycles. The summed E-state index contributed by atoms with van der Waals surface area (Å²) in [4.78, 5) is 9.16. The van der Waals surface area contributed by atoms with E-state index in [0.29, 0.717) is 0 Å². The first-order valence-electron chi connectivity index (χ1n) is 7.48. The number of benzene rings is 1. The van der Waals surface area contributed by atoms with Crippen LogP contribution in [0.2, 0.25) is 0 Å². The summed E-state index contributed by atoms with van der Waals surface area (Å²) in [5.41, 5.74) is 5.42. The Balaban J connectivity index is 2.06. The Morgan fingerprint density at radius 3 is 2.62 bits per heavy atom. The van der Waals surface area contributed by atoms with Crippen molar-refractivity contribution < 1.29 is 0 Å². The number of fused-ring (bicyclic) bond motifs is 1. The fourth-order valence-electron chi connectivity index (χ4n) is 2.66. The van der Waals surface area contributed by atoms with Crippen LogP contribution in [0.25, 0.3) is 16.9 Å². The summed E-state index contributed by atoms with van der Waals surface area (Å²) in [6.07, 6.45) is 5.26. The van der Waals surface area contributed by atoms with E-state index in [-0.39, 0.29) is 0 Å². The molecule has 0 aliphatic rings. The maximum Gasteiger partial charge on any atom is 0.172 e. The van der Waals surface area contributed by atoms with Crippen molar-refractivity contribution in [2.45, 2.75) is 40.0 Å². The van der Waals surface area contributed by atoms with Crippen LogP contribution in [0.1, 0.15) is 36.7 Å². The molecule has 0 radical (unpaired) electrons. The smallest absolute Gasteiger partial charge is 0.172 e. The number of aryl methyl sites for hydroxylation is 1. The predicted octanol–water partition coefficient (Wildman–Crippen LogP) is 3.77. The van der Waals surface area contributed by atoms with Crippen molar-refractivity contribution in [1.29, 1.82) is 0 Å². The molecule has 0 fully saturated rings. The zero-order valence-corrected chi connectivity index (χ0v) is 12.8. The Kier molecular flexibility index (Phi) is 3.69. The summed E-state index contributed by atoms with van der Waals surface area (Å²) >= 11 is 0. The van der Waals surface area contributed by atoms with E-state index >= 15 is 0 Å². The van der Waals surface area contributed by atoms with E-state index in [4.69, 9.17) is 0 Å². The van der Waals surface area contributed by atoms with Gasteiger partial charge in [0.2, 0.25) is 0 Å². The highest BCUT2D eigenvalue weighted by molar-refractivity contribution is 5.74. The molecule has 3 aromatic rings. The van der Waals surface area contributed by atoms with Crippen LogP contribution in [0.4, 0.5) is 0 Å². The van der Waals surface area contributed by atoms with Gasteiger partial charge in [-0.25, -0.2) is 9.67 Å². The molecule has 1 aromatic carbocycles. The number of para-hydroxylation sites is 2. The normalized spacial score (nSPS) is 11.2. The molecule has 3 rings (SSSR count). The van der Waals surface area contributed by atoms with Crippen molar-refractivity contribution in [1.82, 2.24) is 19.7 Å². The third-order valence-electron chi connectivity index (χ3n) is 3.87. The molecular weight excluding hydrogens is 260 g/mol. The molecule has 108 valence electrons. The molecule has 21 heavy (non-hydrogen) atoms. The summed E-state index contributed by atoms with van der Waals surface area (Å²) in [6, 6.07) is 7.91. The van der Waals surface area contributed by atoms with Crippen LogP contribution in [0, 0.1) is 13.8 Å². The summed E-state index contributed by atoms with van der Waals surface area (Å²) in [7, 11) is 0. The third-order valence-corrected chi connectivity index (χ3v) is 3.87. The maximum atomic E-state index is 4.68. The van der Waals surface area contributed by atoms with Crippen LogP contribution in [0.3, 0.4) is 0 Å². The first kappa shape index (κ1) is 13.7. The number of nitrogens with zero attached hydrogens (tertiary/aromatic N) is 4. The van der Waals surface area contributed by atoms with Gasteiger partial charge in [0, 0.05) is 5.69 Å². The van der Waals surface area contributed by atoms with Gasteiger partial charge in [0.05, 0.1) is 22.9 Å². The number of aromatic nitrogens is 4. The molecule has 4 heteroatoms. The summed E-state index contributed by atoms with van der Waals surface area (Å²) in [5.74, 6) is 0.789. The first-order valence-corrected chi connectivity index (χ1v) is 7.48. The van der Waals surface area contributed by atoms with Gasteiger partial charge in [0.15, 0.2) is 5.82 Å². The quantitative estimate of drug-likeness (QED) is 0.730. The highest BCUT2D eigenvalue weighted by atomic mass is 15.3. The van der Waals surface area contributed by atoms with Crippen molar-refractivity contribution in [2.24, 2.45) is 0 Å². The fraction of sp³-hybridized carbons (Fsp3) is 0.353. The lowest BCUT2D eigenvalue weighted by Gasteiger charge is -2.05. The van der Waals surface area contributed by atoms with Crippen molar-refractivity contribution in [3.63, 3.8) is 0 Å². The second kappa shape index (κ2) is 5.64. The second-order valence-corrected chi connectivity index (χ2v) is 5.38. The molecular formula is C17H20N4. The van der Waals surface area contributed by atoms with Gasteiger partial charge in [-0.1, -0.05) is 25.5 Å². The zero-order valence-electron chi connectivity index (χ0n) is 12.8. The van der Waals surface area contributed by atoms with Crippen LogP contribution in [0.5, 0.6) is 0 Å². The molecule has 0 saturated carbocycles. The number of unbranched alkanes of at least 4 members (excludes halogenated alkanes) is 1. The minimum atomic E-state index is 0.789. The summed E-state index contributed by atoms with van der Waals surface area (Å²) in [5, 5.41) is 4.65. The lowest BCUT2D eigenvalue weighted by atomic mass is 10.1. The lowest BCUT2D eigenvalue weighted by Crippen LogP contribution is -2.03. The third kappa shape index (κ3) is 2.53. The fourth-order valence-corrected chi connectivity index (χ4v) is 2.66. The van der Waals surface area contributed by atoms with E-state index in [1.54, 1.807) is 6.20 Å². The van der Waals surface area contributed by atoms with Gasteiger partial charge in [-0.15, -0.1) is 0 Å². The van der Waals surface area contributed by atoms with Gasteiger partial charge in [-0.2, -0.15) is 5.10 Å². The van der Waals surface area contributed by atoms with Crippen LogP contribution in [-0.2, 0) is 6.42 Å². The van der Waals surface area contributed by atoms with E-state index in [1.807, 2.05) is 28.9 Å². The highest BCUT2D eigenvalue weighted by Crippen LogP contribution is 2.19. The first-order chi connectivity index (χ1) is 10.2. The minimum absolute atomic E-state index is 0.789. The molecule has 0 amide bonds. The Morgan fingerprint density at radius 2 is 1.86 bits per heavy atom. The van der Waals surface area contributed by atoms with Crippen molar-refractivity contribution in [2.75, 3.05) is 0 Å². The van der Waals surface area contributed by atoms with Gasteiger partial charge >= 0.3 is 0 Å². The van der Waals surface area contributed by atoms with E-state index < -0.39 is 0 Å². The Morgan fingerprint density at radius 1 is 1.10 bits per heavy atom. The van der Waals surface area contributed by atoms with Crippen LogP contribution < -0.4 is 0 Å². The summed E-state index contributed by atoms with van der Waals surface area (Å²) in [6.45, 7) is 6.40. The standard InChI is InChI=1S/C17H20N4/c1-4-5-8-14-12(2)20-21(13(14)3)17-11-18-15-9-6-7-10-16(15)19-17/h6-7,9-11H,4-5,8H2,1-3H3. The maximum absolute atomic E-state index is 4.68. The zero-order chi connectivity index (χ0) is 14.8. The monoisotopic (exact) mass is 280 g/mol. The van der Waals surface area contributed by atoms with Gasteiger partial charge in [0.1, 0.15) is 0 Å². The van der Waals surface area contributed by atoms with Crippen molar-refractivity contribution in [3.8, 4) is 5.82 Å². The molecule has 2 heterocycles. The van der Waals surface area contributed by atoms with Crippen molar-refractivity contribution >= 4 is 11.0 Å². The Labute approximate surface area is 124 Å². The second-order valence-electron chi connectivity index (χ2n) is 5.38. The van der Waals surface area contributed by atoms with Gasteiger partial charge in [0.25, 0.3) is 0 Å². The van der Waals surface area contributed by atoms with Crippen LogP contribution in [-0.4, -0.2) is 19.7 Å². The number of hydrogen-bond acceptors (Lipinski definition) is 3. The predicted molar refractivity (Wildman–Crippen MR) is 84.7 cm³/mol. The topological polar surface area (TPSA) is 43.6 Å². The van der Waals surface area contributed by atoms with Crippen molar-refractivity contribution in [3.05, 3.63) is 47.4 Å². The average Bonchev–Trinajstić information content (AvgIpc) is 2.79. The Hall–Kier alpha value is -2.23.